The quantitative estimate of drug-likeness (QED) is 0.781. The largest absolute Gasteiger partial charge is 0.444 e. The number of carbonyl (C=O) groups is 1. The van der Waals surface area contributed by atoms with Crippen LogP contribution in [-0.2, 0) is 9.16 Å². The van der Waals surface area contributed by atoms with Gasteiger partial charge in [0.25, 0.3) is 0 Å². The Hall–Kier alpha value is -0.593. The molecule has 0 spiro atoms. The normalized spacial score (nSPS) is 16.1. The molecule has 0 heterocycles. The van der Waals surface area contributed by atoms with Gasteiger partial charge >= 0.3 is 6.09 Å². The molecule has 0 aliphatic carbocycles. The third kappa shape index (κ3) is 7.11. The zero-order chi connectivity index (χ0) is 17.9. The Morgan fingerprint density at radius 3 is 1.95 bits per heavy atom. The van der Waals surface area contributed by atoms with E-state index in [9.17, 15) is 4.79 Å². The van der Waals surface area contributed by atoms with Crippen molar-refractivity contribution in [1.82, 2.24) is 4.90 Å². The predicted octanol–water partition coefficient (Wildman–Crippen LogP) is 3.59. The molecule has 0 aromatic heterocycles. The second kappa shape index (κ2) is 7.32. The molecule has 0 radical (unpaired) electrons. The second-order valence-electron chi connectivity index (χ2n) is 8.64. The van der Waals surface area contributed by atoms with Crippen molar-refractivity contribution in [1.29, 1.82) is 0 Å². The first-order valence-corrected chi connectivity index (χ1v) is 10.8. The Labute approximate surface area is 137 Å². The van der Waals surface area contributed by atoms with Crippen LogP contribution < -0.4 is 5.73 Å². The van der Waals surface area contributed by atoms with Crippen molar-refractivity contribution in [3.05, 3.63) is 0 Å². The summed E-state index contributed by atoms with van der Waals surface area (Å²) in [5, 5.41) is 0.102. The topological polar surface area (TPSA) is 64.8 Å². The molecule has 0 aliphatic heterocycles. The van der Waals surface area contributed by atoms with Gasteiger partial charge in [0.05, 0.1) is 12.6 Å². The van der Waals surface area contributed by atoms with Gasteiger partial charge in [0.15, 0.2) is 8.32 Å². The number of hydrogen-bond donors (Lipinski definition) is 1. The monoisotopic (exact) mass is 332 g/mol. The van der Waals surface area contributed by atoms with Gasteiger partial charge in [-0.1, -0.05) is 20.8 Å². The molecule has 1 amide bonds. The van der Waals surface area contributed by atoms with Gasteiger partial charge in [0, 0.05) is 13.1 Å². The van der Waals surface area contributed by atoms with E-state index in [1.807, 2.05) is 27.7 Å². The van der Waals surface area contributed by atoms with Crippen LogP contribution in [0.25, 0.3) is 0 Å². The standard InChI is InChI=1S/C16H36N2O3Si/c1-12(17)13(21-22(9,10)16(5,6)7)11-18(8)14(19)20-15(2,3)4/h12-13H,11,17H2,1-10H3/t12-,13-/m1/s1. The van der Waals surface area contributed by atoms with Crippen LogP contribution >= 0.6 is 0 Å². The second-order valence-corrected chi connectivity index (χ2v) is 13.4. The lowest BCUT2D eigenvalue weighted by Crippen LogP contribution is -2.52. The highest BCUT2D eigenvalue weighted by Crippen LogP contribution is 2.37. The molecular formula is C16H36N2O3Si. The van der Waals surface area contributed by atoms with Crippen molar-refractivity contribution in [2.45, 2.75) is 84.3 Å². The number of carbonyl (C=O) groups excluding carboxylic acids is 1. The summed E-state index contributed by atoms with van der Waals surface area (Å²) in [6.07, 6.45) is -0.546. The van der Waals surface area contributed by atoms with Crippen molar-refractivity contribution in [3.8, 4) is 0 Å². The number of nitrogens with two attached hydrogens (primary N) is 1. The molecule has 0 aliphatic rings. The van der Waals surface area contributed by atoms with Gasteiger partial charge in [-0.25, -0.2) is 4.79 Å². The maximum Gasteiger partial charge on any atom is 0.410 e. The fraction of sp³-hybridized carbons (Fsp3) is 0.938. The minimum Gasteiger partial charge on any atom is -0.444 e. The fourth-order valence-corrected chi connectivity index (χ4v) is 2.95. The molecule has 0 bridgehead atoms. The highest BCUT2D eigenvalue weighted by Gasteiger charge is 2.40. The van der Waals surface area contributed by atoms with E-state index in [0.29, 0.717) is 6.54 Å². The van der Waals surface area contributed by atoms with Crippen LogP contribution in [0.1, 0.15) is 48.5 Å². The zero-order valence-corrected chi connectivity index (χ0v) is 17.1. The van der Waals surface area contributed by atoms with E-state index in [4.69, 9.17) is 14.9 Å². The van der Waals surface area contributed by atoms with Gasteiger partial charge in [-0.3, -0.25) is 0 Å². The van der Waals surface area contributed by atoms with Gasteiger partial charge < -0.3 is 19.8 Å². The third-order valence-corrected chi connectivity index (χ3v) is 8.50. The summed E-state index contributed by atoms with van der Waals surface area (Å²) in [7, 11) is -0.217. The Balaban J connectivity index is 4.90. The predicted molar refractivity (Wildman–Crippen MR) is 94.6 cm³/mol. The summed E-state index contributed by atoms with van der Waals surface area (Å²) in [4.78, 5) is 13.6. The lowest BCUT2D eigenvalue weighted by atomic mass is 10.2. The maximum absolute atomic E-state index is 12.1. The molecular weight excluding hydrogens is 296 g/mol. The highest BCUT2D eigenvalue weighted by atomic mass is 28.4. The molecule has 0 saturated heterocycles. The van der Waals surface area contributed by atoms with E-state index in [0.717, 1.165) is 0 Å². The molecule has 2 atom stereocenters. The molecule has 2 N–H and O–H groups in total. The Morgan fingerprint density at radius 1 is 1.18 bits per heavy atom. The molecule has 5 nitrogen and oxygen atoms in total. The van der Waals surface area contributed by atoms with E-state index in [1.54, 1.807) is 11.9 Å². The smallest absolute Gasteiger partial charge is 0.410 e. The Morgan fingerprint density at radius 2 is 1.64 bits per heavy atom. The van der Waals surface area contributed by atoms with E-state index in [-0.39, 0.29) is 23.3 Å². The van der Waals surface area contributed by atoms with Gasteiger partial charge in [0.1, 0.15) is 5.60 Å². The number of hydrogen-bond acceptors (Lipinski definition) is 4. The summed E-state index contributed by atoms with van der Waals surface area (Å²) in [6.45, 7) is 18.9. The van der Waals surface area contributed by atoms with Crippen LogP contribution in [0.3, 0.4) is 0 Å². The molecule has 22 heavy (non-hydrogen) atoms. The van der Waals surface area contributed by atoms with Crippen molar-refractivity contribution in [2.75, 3.05) is 13.6 Å². The van der Waals surface area contributed by atoms with Gasteiger partial charge in [-0.15, -0.1) is 0 Å². The molecule has 0 unspecified atom stereocenters. The SMILES string of the molecule is C[C@@H](N)[C@@H](CN(C)C(=O)OC(C)(C)C)O[Si](C)(C)C(C)(C)C. The average molecular weight is 333 g/mol. The van der Waals surface area contributed by atoms with Crippen molar-refractivity contribution in [3.63, 3.8) is 0 Å². The van der Waals surface area contributed by atoms with Crippen LogP contribution in [0.2, 0.25) is 18.1 Å². The number of ether oxygens (including phenoxy) is 1. The van der Waals surface area contributed by atoms with Crippen LogP contribution in [0, 0.1) is 0 Å². The van der Waals surface area contributed by atoms with Crippen LogP contribution in [-0.4, -0.2) is 50.6 Å². The van der Waals surface area contributed by atoms with Crippen LogP contribution in [0.5, 0.6) is 0 Å². The molecule has 6 heteroatoms. The van der Waals surface area contributed by atoms with Gasteiger partial charge in [-0.05, 0) is 45.8 Å². The van der Waals surface area contributed by atoms with Crippen molar-refractivity contribution < 1.29 is 14.0 Å². The minimum absolute atomic E-state index is 0.102. The van der Waals surface area contributed by atoms with E-state index in [2.05, 4.69) is 33.9 Å². The Bertz CT molecular complexity index is 371. The van der Waals surface area contributed by atoms with Gasteiger partial charge in [0.2, 0.25) is 0 Å². The van der Waals surface area contributed by atoms with Crippen molar-refractivity contribution in [2.24, 2.45) is 5.73 Å². The van der Waals surface area contributed by atoms with Crippen LogP contribution in [0.4, 0.5) is 4.79 Å². The number of likely N-dealkylation sites (N-methyl/N-ethyl adjacent to an activating group) is 1. The summed E-state index contributed by atoms with van der Waals surface area (Å²) in [6, 6.07) is -0.154. The molecule has 0 aromatic carbocycles. The zero-order valence-electron chi connectivity index (χ0n) is 16.1. The first-order valence-electron chi connectivity index (χ1n) is 7.94. The first-order chi connectivity index (χ1) is 9.57. The Kier molecular flexibility index (Phi) is 7.12. The summed E-state index contributed by atoms with van der Waals surface area (Å²) in [5.41, 5.74) is 5.58. The average Bonchev–Trinajstić information content (AvgIpc) is 2.23. The molecule has 0 fully saturated rings. The lowest BCUT2D eigenvalue weighted by Gasteiger charge is -2.41. The fourth-order valence-electron chi connectivity index (χ4n) is 1.55. The maximum atomic E-state index is 12.1. The number of rotatable bonds is 5. The third-order valence-electron chi connectivity index (χ3n) is 4.00. The highest BCUT2D eigenvalue weighted by molar-refractivity contribution is 6.74. The van der Waals surface area contributed by atoms with Crippen LogP contribution in [0.15, 0.2) is 0 Å². The van der Waals surface area contributed by atoms with E-state index < -0.39 is 13.9 Å². The van der Waals surface area contributed by atoms with Gasteiger partial charge in [-0.2, -0.15) is 0 Å². The number of nitrogens with zero attached hydrogens (tertiary/aromatic N) is 1. The molecule has 0 saturated carbocycles. The molecule has 132 valence electrons. The summed E-state index contributed by atoms with van der Waals surface area (Å²) < 4.78 is 11.8. The molecule has 0 aromatic rings. The van der Waals surface area contributed by atoms with E-state index >= 15 is 0 Å². The van der Waals surface area contributed by atoms with E-state index in [1.165, 1.54) is 0 Å². The summed E-state index contributed by atoms with van der Waals surface area (Å²) >= 11 is 0. The lowest BCUT2D eigenvalue weighted by molar-refractivity contribution is 0.0201. The molecule has 0 rings (SSSR count). The number of amides is 1. The first kappa shape index (κ1) is 21.4. The summed E-state index contributed by atoms with van der Waals surface area (Å²) in [5.74, 6) is 0. The van der Waals surface area contributed by atoms with Crippen molar-refractivity contribution >= 4 is 14.4 Å². The minimum atomic E-state index is -1.94.